The van der Waals surface area contributed by atoms with Crippen molar-refractivity contribution in [2.75, 3.05) is 59.4 Å². The summed E-state index contributed by atoms with van der Waals surface area (Å²) in [5.74, 6) is 0.0490. The Labute approximate surface area is 158 Å². The number of benzene rings is 1. The van der Waals surface area contributed by atoms with Crippen molar-refractivity contribution in [1.82, 2.24) is 20.0 Å². The van der Waals surface area contributed by atoms with Crippen molar-refractivity contribution in [2.24, 2.45) is 0 Å². The van der Waals surface area contributed by atoms with Crippen LogP contribution in [0.1, 0.15) is 41.6 Å². The van der Waals surface area contributed by atoms with Crippen LogP contribution in [0.4, 0.5) is 0 Å². The molecule has 1 aromatic rings. The lowest BCUT2D eigenvalue weighted by Gasteiger charge is -2.32. The number of carbonyl (C=O) groups is 1. The highest BCUT2D eigenvalue weighted by Crippen LogP contribution is 2.13. The summed E-state index contributed by atoms with van der Waals surface area (Å²) in [6, 6.07) is 8.14. The van der Waals surface area contributed by atoms with Gasteiger partial charge in [0, 0.05) is 44.8 Å². The number of amides is 1. The lowest BCUT2D eigenvalue weighted by Crippen LogP contribution is -2.45. The highest BCUT2D eigenvalue weighted by molar-refractivity contribution is 5.94. The van der Waals surface area contributed by atoms with Crippen LogP contribution in [-0.2, 0) is 6.54 Å². The van der Waals surface area contributed by atoms with Crippen molar-refractivity contribution < 1.29 is 4.79 Å². The van der Waals surface area contributed by atoms with Crippen LogP contribution in [0.2, 0.25) is 0 Å². The maximum atomic E-state index is 12.3. The molecule has 0 aromatic heterocycles. The fraction of sp³-hybridized carbons (Fsp3) is 0.667. The van der Waals surface area contributed by atoms with Gasteiger partial charge < -0.3 is 15.1 Å². The van der Waals surface area contributed by atoms with E-state index in [4.69, 9.17) is 0 Å². The molecule has 144 valence electrons. The van der Waals surface area contributed by atoms with Gasteiger partial charge in [-0.25, -0.2) is 0 Å². The van der Waals surface area contributed by atoms with Gasteiger partial charge in [-0.3, -0.25) is 9.69 Å². The number of carbonyl (C=O) groups excluding carboxylic acids is 1. The maximum absolute atomic E-state index is 12.3. The monoisotopic (exact) mass is 358 g/mol. The summed E-state index contributed by atoms with van der Waals surface area (Å²) in [7, 11) is 2.18. The van der Waals surface area contributed by atoms with Crippen LogP contribution in [-0.4, -0.2) is 80.0 Å². The van der Waals surface area contributed by atoms with Crippen molar-refractivity contribution >= 4 is 5.91 Å². The molecule has 0 saturated carbocycles. The fourth-order valence-corrected chi connectivity index (χ4v) is 3.82. The van der Waals surface area contributed by atoms with E-state index in [-0.39, 0.29) is 5.91 Å². The lowest BCUT2D eigenvalue weighted by molar-refractivity contribution is 0.0949. The van der Waals surface area contributed by atoms with Gasteiger partial charge in [-0.2, -0.15) is 0 Å². The molecular weight excluding hydrogens is 324 g/mol. The summed E-state index contributed by atoms with van der Waals surface area (Å²) >= 11 is 0. The molecule has 0 atom stereocenters. The van der Waals surface area contributed by atoms with Crippen LogP contribution < -0.4 is 5.32 Å². The van der Waals surface area contributed by atoms with E-state index in [1.807, 2.05) is 12.1 Å². The standard InChI is InChI=1S/C21H34N4O/c1-23-14-16-24(17-15-23)13-5-10-22-21(26)20-8-6-19(7-9-20)18-25-11-3-2-4-12-25/h6-9H,2-5,10-18H2,1H3,(H,22,26). The number of piperidine rings is 1. The summed E-state index contributed by atoms with van der Waals surface area (Å²) in [5.41, 5.74) is 2.07. The van der Waals surface area contributed by atoms with E-state index in [1.54, 1.807) is 0 Å². The SMILES string of the molecule is CN1CCN(CCCNC(=O)c2ccc(CN3CCCCC3)cc2)CC1. The van der Waals surface area contributed by atoms with Crippen LogP contribution in [0.3, 0.4) is 0 Å². The molecule has 2 saturated heterocycles. The second kappa shape index (κ2) is 10.0. The molecule has 5 nitrogen and oxygen atoms in total. The van der Waals surface area contributed by atoms with Crippen molar-refractivity contribution in [1.29, 1.82) is 0 Å². The highest BCUT2D eigenvalue weighted by atomic mass is 16.1. The predicted octanol–water partition coefficient (Wildman–Crippen LogP) is 2.04. The smallest absolute Gasteiger partial charge is 0.251 e. The number of piperazine rings is 1. The van der Waals surface area contributed by atoms with Gasteiger partial charge in [0.1, 0.15) is 0 Å². The average molecular weight is 359 g/mol. The minimum absolute atomic E-state index is 0.0490. The van der Waals surface area contributed by atoms with Crippen molar-refractivity contribution in [3.63, 3.8) is 0 Å². The molecule has 1 N–H and O–H groups in total. The van der Waals surface area contributed by atoms with Crippen LogP contribution in [0.15, 0.2) is 24.3 Å². The van der Waals surface area contributed by atoms with Gasteiger partial charge in [-0.1, -0.05) is 18.6 Å². The van der Waals surface area contributed by atoms with Gasteiger partial charge in [-0.15, -0.1) is 0 Å². The number of likely N-dealkylation sites (tertiary alicyclic amines) is 1. The van der Waals surface area contributed by atoms with Crippen LogP contribution in [0.25, 0.3) is 0 Å². The van der Waals surface area contributed by atoms with E-state index in [0.29, 0.717) is 0 Å². The Morgan fingerprint density at radius 3 is 2.31 bits per heavy atom. The summed E-state index contributed by atoms with van der Waals surface area (Å²) in [6.07, 6.45) is 5.01. The van der Waals surface area contributed by atoms with Gasteiger partial charge in [0.05, 0.1) is 0 Å². The quantitative estimate of drug-likeness (QED) is 0.757. The zero-order valence-electron chi connectivity index (χ0n) is 16.3. The molecule has 26 heavy (non-hydrogen) atoms. The maximum Gasteiger partial charge on any atom is 0.251 e. The number of nitrogens with zero attached hydrogens (tertiary/aromatic N) is 3. The van der Waals surface area contributed by atoms with Crippen LogP contribution in [0.5, 0.6) is 0 Å². The third-order valence-corrected chi connectivity index (χ3v) is 5.60. The minimum Gasteiger partial charge on any atom is -0.352 e. The van der Waals surface area contributed by atoms with Gasteiger partial charge in [0.2, 0.25) is 0 Å². The first-order valence-electron chi connectivity index (χ1n) is 10.2. The van der Waals surface area contributed by atoms with Crippen LogP contribution >= 0.6 is 0 Å². The number of hydrogen-bond acceptors (Lipinski definition) is 4. The van der Waals surface area contributed by atoms with E-state index < -0.39 is 0 Å². The van der Waals surface area contributed by atoms with E-state index in [0.717, 1.165) is 57.8 Å². The van der Waals surface area contributed by atoms with Crippen molar-refractivity contribution in [3.8, 4) is 0 Å². The lowest BCUT2D eigenvalue weighted by atomic mass is 10.1. The number of nitrogens with one attached hydrogen (secondary N) is 1. The average Bonchev–Trinajstić information content (AvgIpc) is 2.68. The summed E-state index contributed by atoms with van der Waals surface area (Å²) < 4.78 is 0. The Morgan fingerprint density at radius 1 is 0.923 bits per heavy atom. The molecule has 2 aliphatic heterocycles. The van der Waals surface area contributed by atoms with E-state index in [1.165, 1.54) is 37.9 Å². The Bertz CT molecular complexity index is 546. The molecule has 5 heteroatoms. The van der Waals surface area contributed by atoms with Gasteiger partial charge in [0.25, 0.3) is 5.91 Å². The third kappa shape index (κ3) is 6.08. The minimum atomic E-state index is 0.0490. The zero-order chi connectivity index (χ0) is 18.2. The second-order valence-electron chi connectivity index (χ2n) is 7.79. The molecule has 0 unspecified atom stereocenters. The first kappa shape index (κ1) is 19.3. The van der Waals surface area contributed by atoms with E-state index >= 15 is 0 Å². The molecule has 0 radical (unpaired) electrons. The molecular formula is C21H34N4O. The molecule has 1 aromatic carbocycles. The summed E-state index contributed by atoms with van der Waals surface area (Å²) in [6.45, 7) is 9.82. The largest absolute Gasteiger partial charge is 0.352 e. The molecule has 3 rings (SSSR count). The van der Waals surface area contributed by atoms with Gasteiger partial charge >= 0.3 is 0 Å². The van der Waals surface area contributed by atoms with Gasteiger partial charge in [0.15, 0.2) is 0 Å². The molecule has 0 aliphatic carbocycles. The Kier molecular flexibility index (Phi) is 7.47. The van der Waals surface area contributed by atoms with Crippen molar-refractivity contribution in [3.05, 3.63) is 35.4 Å². The molecule has 0 spiro atoms. The second-order valence-corrected chi connectivity index (χ2v) is 7.79. The van der Waals surface area contributed by atoms with E-state index in [2.05, 4.69) is 39.2 Å². The summed E-state index contributed by atoms with van der Waals surface area (Å²) in [4.78, 5) is 19.7. The first-order valence-corrected chi connectivity index (χ1v) is 10.2. The topological polar surface area (TPSA) is 38.8 Å². The zero-order valence-corrected chi connectivity index (χ0v) is 16.3. The van der Waals surface area contributed by atoms with E-state index in [9.17, 15) is 4.79 Å². The highest BCUT2D eigenvalue weighted by Gasteiger charge is 2.13. The van der Waals surface area contributed by atoms with Gasteiger partial charge in [-0.05, 0) is 63.6 Å². The molecule has 0 bridgehead atoms. The number of likely N-dealkylation sites (N-methyl/N-ethyl adjacent to an activating group) is 1. The number of hydrogen-bond donors (Lipinski definition) is 1. The van der Waals surface area contributed by atoms with Crippen molar-refractivity contribution in [2.45, 2.75) is 32.2 Å². The normalized spacial score (nSPS) is 20.2. The third-order valence-electron chi connectivity index (χ3n) is 5.60. The Hall–Kier alpha value is -1.43. The Balaban J connectivity index is 1.35. The molecule has 1 amide bonds. The Morgan fingerprint density at radius 2 is 1.62 bits per heavy atom. The number of rotatable bonds is 7. The predicted molar refractivity (Wildman–Crippen MR) is 106 cm³/mol. The van der Waals surface area contributed by atoms with Crippen LogP contribution in [0, 0.1) is 0 Å². The molecule has 2 heterocycles. The summed E-state index contributed by atoms with van der Waals surface area (Å²) in [5, 5.41) is 3.06. The molecule has 2 fully saturated rings. The molecule has 2 aliphatic rings. The first-order chi connectivity index (χ1) is 12.7. The fourth-order valence-electron chi connectivity index (χ4n) is 3.82.